The molecule has 0 aliphatic carbocycles. The number of nitrogens with one attached hydrogen (secondary N) is 1. The molecule has 3 aliphatic heterocycles. The molecule has 0 spiro atoms. The van der Waals surface area contributed by atoms with Crippen molar-refractivity contribution in [2.24, 2.45) is 0 Å². The zero-order valence-corrected chi connectivity index (χ0v) is 34.8. The number of nitriles is 1. The van der Waals surface area contributed by atoms with E-state index in [1.165, 1.54) is 4.90 Å². The molecule has 0 radical (unpaired) electrons. The number of anilines is 1. The van der Waals surface area contributed by atoms with Gasteiger partial charge < -0.3 is 23.8 Å². The quantitative estimate of drug-likeness (QED) is 0.179. The molecule has 3 fully saturated rings. The summed E-state index contributed by atoms with van der Waals surface area (Å²) in [5, 5.41) is 11.5. The van der Waals surface area contributed by atoms with Gasteiger partial charge in [0.15, 0.2) is 5.82 Å². The lowest BCUT2D eigenvalue weighted by atomic mass is 9.92. The number of halogens is 6. The molecule has 19 heteroatoms. The van der Waals surface area contributed by atoms with Gasteiger partial charge in [-0.15, -0.1) is 11.3 Å². The van der Waals surface area contributed by atoms with Gasteiger partial charge in [0, 0.05) is 36.9 Å². The first-order chi connectivity index (χ1) is 28.0. The van der Waals surface area contributed by atoms with Gasteiger partial charge in [-0.05, 0) is 85.5 Å². The summed E-state index contributed by atoms with van der Waals surface area (Å²) < 4.78 is 116. The molecule has 4 aromatic rings. The smallest absolute Gasteiger partial charge is 0.417 e. The van der Waals surface area contributed by atoms with Crippen molar-refractivity contribution in [3.8, 4) is 29.1 Å². The molecule has 2 amide bonds. The van der Waals surface area contributed by atoms with Gasteiger partial charge in [0.25, 0.3) is 0 Å². The lowest BCUT2D eigenvalue weighted by Crippen LogP contribution is -2.43. The highest BCUT2D eigenvalue weighted by molar-refractivity contribution is 7.23. The van der Waals surface area contributed by atoms with Gasteiger partial charge in [-0.3, -0.25) is 10.2 Å². The van der Waals surface area contributed by atoms with Crippen LogP contribution in [0.1, 0.15) is 85.3 Å². The first kappa shape index (κ1) is 43.0. The molecule has 2 aromatic heterocycles. The van der Waals surface area contributed by atoms with Gasteiger partial charge in [0.2, 0.25) is 5.88 Å². The third kappa shape index (κ3) is 8.32. The zero-order valence-electron chi connectivity index (χ0n) is 34.0. The Hall–Kier alpha value is -5.09. The summed E-state index contributed by atoms with van der Waals surface area (Å²) in [7, 11) is 0. The maximum Gasteiger partial charge on any atom is 0.417 e. The van der Waals surface area contributed by atoms with E-state index in [9.17, 15) is 19.2 Å². The molecule has 0 unspecified atom stereocenters. The van der Waals surface area contributed by atoms with Crippen molar-refractivity contribution in [2.75, 3.05) is 31.6 Å². The molecule has 5 heterocycles. The first-order valence-electron chi connectivity index (χ1n) is 19.4. The number of ether oxygens (including phenoxy) is 4. The highest BCUT2D eigenvalue weighted by Gasteiger charge is 2.50. The second-order valence-corrected chi connectivity index (χ2v) is 18.4. The fourth-order valence-corrected chi connectivity index (χ4v) is 9.30. The predicted molar refractivity (Wildman–Crippen MR) is 210 cm³/mol. The zero-order chi connectivity index (χ0) is 43.7. The van der Waals surface area contributed by atoms with Crippen LogP contribution in [0.3, 0.4) is 0 Å². The average molecular weight is 863 g/mol. The molecule has 1 N–H and O–H groups in total. The van der Waals surface area contributed by atoms with E-state index >= 15 is 22.0 Å². The molecule has 322 valence electrons. The number of thiophene rings is 1. The maximum absolute atomic E-state index is 17.4. The van der Waals surface area contributed by atoms with Crippen LogP contribution in [-0.2, 0) is 15.7 Å². The minimum atomic E-state index is -5.25. The number of likely N-dealkylation sites (tertiary alicyclic amines) is 1. The van der Waals surface area contributed by atoms with Crippen molar-refractivity contribution in [1.82, 2.24) is 19.8 Å². The normalized spacial score (nSPS) is 22.3. The number of benzene rings is 2. The van der Waals surface area contributed by atoms with Crippen molar-refractivity contribution in [2.45, 2.75) is 115 Å². The van der Waals surface area contributed by atoms with E-state index < -0.39 is 110 Å². The number of fused-ring (bicyclic) bond motifs is 3. The highest BCUT2D eigenvalue weighted by atomic mass is 32.1. The van der Waals surface area contributed by atoms with E-state index in [0.717, 1.165) is 18.6 Å². The minimum Gasteiger partial charge on any atom is -0.471 e. The Morgan fingerprint density at radius 1 is 1.07 bits per heavy atom. The highest BCUT2D eigenvalue weighted by Crippen LogP contribution is 2.49. The summed E-state index contributed by atoms with van der Waals surface area (Å²) >= 11 is 0.568. The van der Waals surface area contributed by atoms with Crippen LogP contribution in [0.25, 0.3) is 32.1 Å². The van der Waals surface area contributed by atoms with Gasteiger partial charge in [-0.1, -0.05) is 6.07 Å². The van der Waals surface area contributed by atoms with Gasteiger partial charge in [0.1, 0.15) is 52.5 Å². The van der Waals surface area contributed by atoms with E-state index in [1.807, 2.05) is 11.0 Å². The summed E-state index contributed by atoms with van der Waals surface area (Å²) in [5.74, 6) is -2.92. The Morgan fingerprint density at radius 3 is 2.45 bits per heavy atom. The summed E-state index contributed by atoms with van der Waals surface area (Å²) in [6, 6.07) is 3.08. The topological polar surface area (TPSA) is 139 Å². The van der Waals surface area contributed by atoms with Crippen molar-refractivity contribution < 1.29 is 54.9 Å². The van der Waals surface area contributed by atoms with Crippen LogP contribution in [0.2, 0.25) is 0 Å². The SMILES string of the molecule is C[C@@H]1[C@H](Oc2nc(OC[C@@]34CCCN3C[C@H](F)C4)nc3c(F)c(-c4ccc(F)c5sc(NC(=O)OC(C)(C)C)c(C#N)c45)c(C(F)(F)F)cc23)CCN1C(=O)OC(C)(C)C. The van der Waals surface area contributed by atoms with Crippen LogP contribution in [0.4, 0.5) is 40.9 Å². The predicted octanol–water partition coefficient (Wildman–Crippen LogP) is 9.76. The van der Waals surface area contributed by atoms with Crippen molar-refractivity contribution in [3.63, 3.8) is 0 Å². The Bertz CT molecular complexity index is 2410. The van der Waals surface area contributed by atoms with Gasteiger partial charge in [0.05, 0.1) is 32.8 Å². The summed E-state index contributed by atoms with van der Waals surface area (Å²) in [4.78, 5) is 37.7. The number of hydrogen-bond donors (Lipinski definition) is 1. The van der Waals surface area contributed by atoms with Crippen LogP contribution >= 0.6 is 11.3 Å². The van der Waals surface area contributed by atoms with Crippen molar-refractivity contribution >= 4 is 49.5 Å². The molecule has 60 heavy (non-hydrogen) atoms. The maximum atomic E-state index is 17.4. The second-order valence-electron chi connectivity index (χ2n) is 17.4. The number of hydrogen-bond acceptors (Lipinski definition) is 11. The summed E-state index contributed by atoms with van der Waals surface area (Å²) in [6.07, 6.45) is -7.07. The molecule has 7 rings (SSSR count). The van der Waals surface area contributed by atoms with Gasteiger partial charge >= 0.3 is 24.4 Å². The summed E-state index contributed by atoms with van der Waals surface area (Å²) in [5.41, 5.74) is -6.65. The fraction of sp³-hybridized carbons (Fsp3) is 0.537. The van der Waals surface area contributed by atoms with E-state index in [-0.39, 0.29) is 47.6 Å². The molecule has 4 atom stereocenters. The van der Waals surface area contributed by atoms with Crippen LogP contribution in [0, 0.1) is 23.0 Å². The molecule has 2 aromatic carbocycles. The molecule has 3 aliphatic rings. The molecule has 0 saturated carbocycles. The van der Waals surface area contributed by atoms with Crippen LogP contribution in [-0.4, -0.2) is 93.3 Å². The van der Waals surface area contributed by atoms with E-state index in [0.29, 0.717) is 30.4 Å². The third-order valence-electron chi connectivity index (χ3n) is 10.8. The number of carbonyl (C=O) groups excluding carboxylic acids is 2. The van der Waals surface area contributed by atoms with Gasteiger partial charge in [-0.2, -0.15) is 28.4 Å². The minimum absolute atomic E-state index is 0.105. The largest absolute Gasteiger partial charge is 0.471 e. The Kier molecular flexibility index (Phi) is 11.1. The van der Waals surface area contributed by atoms with E-state index in [1.54, 1.807) is 48.5 Å². The van der Waals surface area contributed by atoms with Crippen LogP contribution in [0.15, 0.2) is 18.2 Å². The average Bonchev–Trinajstić information content (AvgIpc) is 3.87. The van der Waals surface area contributed by atoms with E-state index in [4.69, 9.17) is 18.9 Å². The molecular formula is C41H44F6N6O6S. The number of carbonyl (C=O) groups is 2. The lowest BCUT2D eigenvalue weighted by Gasteiger charge is -2.31. The van der Waals surface area contributed by atoms with E-state index in [2.05, 4.69) is 15.3 Å². The van der Waals surface area contributed by atoms with Gasteiger partial charge in [-0.25, -0.2) is 22.8 Å². The Morgan fingerprint density at radius 2 is 1.78 bits per heavy atom. The number of aromatic nitrogens is 2. The fourth-order valence-electron chi connectivity index (χ4n) is 8.23. The lowest BCUT2D eigenvalue weighted by molar-refractivity contribution is -0.137. The second kappa shape index (κ2) is 15.4. The molecular weight excluding hydrogens is 819 g/mol. The Balaban J connectivity index is 1.39. The van der Waals surface area contributed by atoms with Crippen LogP contribution < -0.4 is 14.8 Å². The molecule has 12 nitrogen and oxygen atoms in total. The Labute approximate surface area is 345 Å². The third-order valence-corrected chi connectivity index (χ3v) is 11.9. The van der Waals surface area contributed by atoms with Crippen LogP contribution in [0.5, 0.6) is 11.9 Å². The number of alkyl halides is 4. The molecule has 3 saturated heterocycles. The molecule has 0 bridgehead atoms. The standard InChI is InChI=1S/C41H44F6N6O6S/c1-20-27(11-14-53(20)37(55)59-39(5,6)7)57-33-23-15-25(41(45,46)47)29(30(44)31(23)49-35(50-33)56-19-40-12-8-13-52(40)18-21(42)16-40)22-9-10-26(43)32-28(22)24(17-48)34(60-32)51-36(54)58-38(2,3)4/h9-10,15,20-21,27H,8,11-14,16,18-19H2,1-7H3,(H,51,54)/t20-,21-,27-,40+/m1/s1. The number of nitrogens with zero attached hydrogens (tertiary/aromatic N) is 5. The monoisotopic (exact) mass is 862 g/mol. The summed E-state index contributed by atoms with van der Waals surface area (Å²) in [6.45, 7) is 12.4. The number of amides is 2. The van der Waals surface area contributed by atoms with Crippen molar-refractivity contribution in [3.05, 3.63) is 41.0 Å². The first-order valence-corrected chi connectivity index (χ1v) is 20.3. The number of rotatable bonds is 7. The van der Waals surface area contributed by atoms with Crippen molar-refractivity contribution in [1.29, 1.82) is 5.26 Å².